The molecule has 31 heavy (non-hydrogen) atoms. The summed E-state index contributed by atoms with van der Waals surface area (Å²) < 4.78 is 21.6. The summed E-state index contributed by atoms with van der Waals surface area (Å²) >= 11 is 2.06. The van der Waals surface area contributed by atoms with Crippen molar-refractivity contribution in [2.45, 2.75) is 13.5 Å². The second-order valence-corrected chi connectivity index (χ2v) is 7.26. The van der Waals surface area contributed by atoms with Crippen molar-refractivity contribution >= 4 is 46.6 Å². The van der Waals surface area contributed by atoms with Crippen LogP contribution in [-0.2, 0) is 25.7 Å². The van der Waals surface area contributed by atoms with Gasteiger partial charge in [0, 0.05) is 0 Å². The molecule has 0 heterocycles. The third-order valence-electron chi connectivity index (χ3n) is 4.04. The lowest BCUT2D eigenvalue weighted by molar-refractivity contribution is -0.143. The topological polar surface area (TPSA) is 108 Å². The van der Waals surface area contributed by atoms with E-state index in [1.165, 1.54) is 32.4 Å². The van der Waals surface area contributed by atoms with Gasteiger partial charge >= 0.3 is 17.9 Å². The molecule has 0 amide bonds. The highest BCUT2D eigenvalue weighted by Crippen LogP contribution is 2.35. The SMILES string of the molecule is CCOc1cc(C=C(C(=O)OC)C(=O)OC)cc(I)c1OCc1ccc(C(=O)O)cc1. The van der Waals surface area contributed by atoms with E-state index in [-0.39, 0.29) is 17.7 Å². The number of carboxylic acids is 1. The van der Waals surface area contributed by atoms with Crippen LogP contribution in [0.4, 0.5) is 0 Å². The molecule has 2 rings (SSSR count). The minimum absolute atomic E-state index is 0.191. The first kappa shape index (κ1) is 24.2. The van der Waals surface area contributed by atoms with Crippen molar-refractivity contribution in [1.82, 2.24) is 0 Å². The van der Waals surface area contributed by atoms with Crippen molar-refractivity contribution < 1.29 is 38.4 Å². The average molecular weight is 540 g/mol. The van der Waals surface area contributed by atoms with E-state index < -0.39 is 17.9 Å². The molecule has 0 aliphatic rings. The first-order valence-electron chi connectivity index (χ1n) is 9.10. The zero-order chi connectivity index (χ0) is 23.0. The fraction of sp³-hybridized carbons (Fsp3) is 0.227. The van der Waals surface area contributed by atoms with Crippen LogP contribution in [0.1, 0.15) is 28.4 Å². The third kappa shape index (κ3) is 6.45. The molecule has 1 N–H and O–H groups in total. The molecule has 0 radical (unpaired) electrons. The third-order valence-corrected chi connectivity index (χ3v) is 4.84. The molecule has 9 heteroatoms. The lowest BCUT2D eigenvalue weighted by Gasteiger charge is -2.15. The van der Waals surface area contributed by atoms with E-state index in [0.717, 1.165) is 5.56 Å². The summed E-state index contributed by atoms with van der Waals surface area (Å²) in [6.07, 6.45) is 1.36. The van der Waals surface area contributed by atoms with Crippen molar-refractivity contribution in [3.63, 3.8) is 0 Å². The molecule has 0 aromatic heterocycles. The monoisotopic (exact) mass is 540 g/mol. The van der Waals surface area contributed by atoms with Crippen molar-refractivity contribution in [1.29, 1.82) is 0 Å². The predicted molar refractivity (Wildman–Crippen MR) is 120 cm³/mol. The molecule has 0 aliphatic heterocycles. The number of hydrogen-bond donors (Lipinski definition) is 1. The number of ether oxygens (including phenoxy) is 4. The van der Waals surface area contributed by atoms with Gasteiger partial charge < -0.3 is 24.1 Å². The highest BCUT2D eigenvalue weighted by molar-refractivity contribution is 14.1. The van der Waals surface area contributed by atoms with Crippen LogP contribution in [0.5, 0.6) is 11.5 Å². The molecule has 0 unspecified atom stereocenters. The van der Waals surface area contributed by atoms with Gasteiger partial charge in [-0.25, -0.2) is 14.4 Å². The van der Waals surface area contributed by atoms with Gasteiger partial charge in [-0.1, -0.05) is 12.1 Å². The van der Waals surface area contributed by atoms with Gasteiger partial charge in [0.25, 0.3) is 0 Å². The lowest BCUT2D eigenvalue weighted by Crippen LogP contribution is -2.15. The van der Waals surface area contributed by atoms with Gasteiger partial charge in [-0.3, -0.25) is 0 Å². The Bertz CT molecular complexity index is 977. The predicted octanol–water partition coefficient (Wildman–Crippen LogP) is 3.70. The van der Waals surface area contributed by atoms with Crippen LogP contribution in [0.25, 0.3) is 6.08 Å². The van der Waals surface area contributed by atoms with Gasteiger partial charge in [-0.05, 0) is 71.0 Å². The van der Waals surface area contributed by atoms with Crippen LogP contribution in [0.2, 0.25) is 0 Å². The number of rotatable bonds is 9. The standard InChI is InChI=1S/C22H21IO8/c1-4-30-18-11-14(9-16(21(26)28-2)22(27)29-3)10-17(23)19(18)31-12-13-5-7-15(8-6-13)20(24)25/h5-11H,4,12H2,1-3H3,(H,24,25). The first-order chi connectivity index (χ1) is 14.8. The maximum Gasteiger partial charge on any atom is 0.345 e. The van der Waals surface area contributed by atoms with Gasteiger partial charge in [-0.2, -0.15) is 0 Å². The summed E-state index contributed by atoms with van der Waals surface area (Å²) in [7, 11) is 2.35. The second kappa shape index (κ2) is 11.3. The zero-order valence-corrected chi connectivity index (χ0v) is 19.3. The summed E-state index contributed by atoms with van der Waals surface area (Å²) in [6.45, 7) is 2.38. The van der Waals surface area contributed by atoms with E-state index in [4.69, 9.17) is 14.6 Å². The van der Waals surface area contributed by atoms with Gasteiger partial charge in [0.05, 0.1) is 30.0 Å². The summed E-state index contributed by atoms with van der Waals surface area (Å²) in [5.41, 5.74) is 1.25. The Kier molecular flexibility index (Phi) is 8.86. The van der Waals surface area contributed by atoms with Gasteiger partial charge in [0.2, 0.25) is 0 Å². The quantitative estimate of drug-likeness (QED) is 0.169. The molecule has 0 saturated carbocycles. The summed E-state index contributed by atoms with van der Waals surface area (Å²) in [4.78, 5) is 34.8. The molecular weight excluding hydrogens is 519 g/mol. The molecule has 0 atom stereocenters. The van der Waals surface area contributed by atoms with Crippen LogP contribution in [-0.4, -0.2) is 43.8 Å². The molecule has 0 spiro atoms. The number of methoxy groups -OCH3 is 2. The largest absolute Gasteiger partial charge is 0.490 e. The number of esters is 2. The van der Waals surface area contributed by atoms with E-state index in [0.29, 0.717) is 27.2 Å². The Morgan fingerprint density at radius 3 is 2.13 bits per heavy atom. The second-order valence-electron chi connectivity index (χ2n) is 6.09. The molecular formula is C22H21IO8. The van der Waals surface area contributed by atoms with Crippen LogP contribution < -0.4 is 9.47 Å². The summed E-state index contributed by atoms with van der Waals surface area (Å²) in [5.74, 6) is -1.71. The Hall–Kier alpha value is -3.08. The summed E-state index contributed by atoms with van der Waals surface area (Å²) in [5, 5.41) is 8.99. The van der Waals surface area contributed by atoms with Crippen LogP contribution in [0, 0.1) is 3.57 Å². The first-order valence-corrected chi connectivity index (χ1v) is 10.2. The minimum Gasteiger partial charge on any atom is -0.490 e. The Labute approximate surface area is 192 Å². The summed E-state index contributed by atoms with van der Waals surface area (Å²) in [6, 6.07) is 9.72. The van der Waals surface area contributed by atoms with E-state index in [9.17, 15) is 14.4 Å². The van der Waals surface area contributed by atoms with Crippen molar-refractivity contribution in [3.8, 4) is 11.5 Å². The van der Waals surface area contributed by atoms with Crippen LogP contribution >= 0.6 is 22.6 Å². The normalized spacial score (nSPS) is 10.1. The Balaban J connectivity index is 2.34. The fourth-order valence-corrected chi connectivity index (χ4v) is 3.34. The van der Waals surface area contributed by atoms with Crippen molar-refractivity contribution in [2.75, 3.05) is 20.8 Å². The zero-order valence-electron chi connectivity index (χ0n) is 17.1. The molecule has 0 bridgehead atoms. The molecule has 0 aliphatic carbocycles. The molecule has 2 aromatic carbocycles. The lowest BCUT2D eigenvalue weighted by atomic mass is 10.1. The number of halogens is 1. The van der Waals surface area contributed by atoms with Gasteiger partial charge in [-0.15, -0.1) is 0 Å². The molecule has 0 saturated heterocycles. The fourth-order valence-electron chi connectivity index (χ4n) is 2.56. The number of hydrogen-bond acceptors (Lipinski definition) is 7. The maximum atomic E-state index is 11.9. The van der Waals surface area contributed by atoms with Gasteiger partial charge in [0.15, 0.2) is 11.5 Å². The number of aromatic carboxylic acids is 1. The molecule has 2 aromatic rings. The number of carboxylic acid groups (broad SMARTS) is 1. The van der Waals surface area contributed by atoms with Crippen LogP contribution in [0.15, 0.2) is 42.0 Å². The molecule has 8 nitrogen and oxygen atoms in total. The molecule has 0 fully saturated rings. The number of carbonyl (C=O) groups excluding carboxylic acids is 2. The molecule has 164 valence electrons. The van der Waals surface area contributed by atoms with Crippen molar-refractivity contribution in [3.05, 3.63) is 62.2 Å². The minimum atomic E-state index is -0.998. The van der Waals surface area contributed by atoms with Gasteiger partial charge in [0.1, 0.15) is 12.2 Å². The van der Waals surface area contributed by atoms with E-state index in [2.05, 4.69) is 32.1 Å². The number of carbonyl (C=O) groups is 3. The highest BCUT2D eigenvalue weighted by atomic mass is 127. The van der Waals surface area contributed by atoms with E-state index >= 15 is 0 Å². The Morgan fingerprint density at radius 1 is 1.00 bits per heavy atom. The van der Waals surface area contributed by atoms with Crippen molar-refractivity contribution in [2.24, 2.45) is 0 Å². The van der Waals surface area contributed by atoms with E-state index in [1.54, 1.807) is 24.3 Å². The number of benzene rings is 2. The smallest absolute Gasteiger partial charge is 0.345 e. The maximum absolute atomic E-state index is 11.9. The Morgan fingerprint density at radius 2 is 1.61 bits per heavy atom. The van der Waals surface area contributed by atoms with E-state index in [1.807, 2.05) is 6.92 Å². The van der Waals surface area contributed by atoms with Crippen LogP contribution in [0.3, 0.4) is 0 Å². The highest BCUT2D eigenvalue weighted by Gasteiger charge is 2.21. The average Bonchev–Trinajstić information content (AvgIpc) is 2.76.